The molecule has 1 amide bonds. The molecule has 8 nitrogen and oxygen atoms in total. The molecule has 0 saturated carbocycles. The van der Waals surface area contributed by atoms with Crippen molar-refractivity contribution < 1.29 is 28.6 Å². The van der Waals surface area contributed by atoms with E-state index < -0.39 is 11.9 Å². The summed E-state index contributed by atoms with van der Waals surface area (Å²) in [6.45, 7) is 3.99. The number of rotatable bonds is 7. The van der Waals surface area contributed by atoms with Gasteiger partial charge in [0.25, 0.3) is 5.91 Å². The van der Waals surface area contributed by atoms with Crippen LogP contribution in [0.4, 0.5) is 0 Å². The molecule has 37 heavy (non-hydrogen) atoms. The van der Waals surface area contributed by atoms with Crippen molar-refractivity contribution in [3.05, 3.63) is 87.5 Å². The van der Waals surface area contributed by atoms with Gasteiger partial charge >= 0.3 is 5.97 Å². The van der Waals surface area contributed by atoms with E-state index in [0.717, 1.165) is 5.56 Å². The number of nitrogens with one attached hydrogen (secondary N) is 1. The fourth-order valence-corrected chi connectivity index (χ4v) is 4.85. The highest BCUT2D eigenvalue weighted by Gasteiger charge is 2.45. The van der Waals surface area contributed by atoms with Crippen molar-refractivity contribution in [3.63, 3.8) is 0 Å². The fourth-order valence-electron chi connectivity index (χ4n) is 4.67. The fraction of sp³-hybridized carbons (Fsp3) is 0.321. The first-order valence-corrected chi connectivity index (χ1v) is 12.2. The van der Waals surface area contributed by atoms with Crippen molar-refractivity contribution in [2.24, 2.45) is 11.1 Å². The zero-order valence-corrected chi connectivity index (χ0v) is 21.7. The minimum Gasteiger partial charge on any atom is -0.483 e. The van der Waals surface area contributed by atoms with E-state index in [0.29, 0.717) is 34.9 Å². The number of Topliss-reactive ketones (excluding diaryl/α,β-unsaturated/α-hetero) is 1. The molecule has 194 valence electrons. The van der Waals surface area contributed by atoms with E-state index in [1.807, 2.05) is 44.2 Å². The van der Waals surface area contributed by atoms with Gasteiger partial charge in [0.1, 0.15) is 17.1 Å². The van der Waals surface area contributed by atoms with Crippen LogP contribution in [0.15, 0.2) is 71.3 Å². The van der Waals surface area contributed by atoms with Gasteiger partial charge in [-0.05, 0) is 29.2 Å². The number of hydrogen-bond donors (Lipinski definition) is 2. The third kappa shape index (κ3) is 5.80. The number of methoxy groups -OCH3 is 1. The second-order valence-electron chi connectivity index (χ2n) is 9.82. The van der Waals surface area contributed by atoms with Crippen LogP contribution in [0.5, 0.6) is 5.75 Å². The second-order valence-corrected chi connectivity index (χ2v) is 10.3. The summed E-state index contributed by atoms with van der Waals surface area (Å²) in [4.78, 5) is 38.7. The molecule has 0 fully saturated rings. The number of ether oxygens (including phenoxy) is 3. The highest BCUT2D eigenvalue weighted by molar-refractivity contribution is 6.30. The lowest BCUT2D eigenvalue weighted by atomic mass is 9.70. The molecule has 0 radical (unpaired) electrons. The van der Waals surface area contributed by atoms with Crippen LogP contribution in [0, 0.1) is 5.41 Å². The Morgan fingerprint density at radius 2 is 1.89 bits per heavy atom. The summed E-state index contributed by atoms with van der Waals surface area (Å²) in [5, 5.41) is 3.16. The Bertz CT molecular complexity index is 1300. The maximum Gasteiger partial charge on any atom is 0.340 e. The van der Waals surface area contributed by atoms with Gasteiger partial charge in [0.05, 0.1) is 13.0 Å². The standard InChI is InChI=1S/C28H29ClN2O6/c1-28(2)12-19(32)24-21(13-28)37-26(30)25(27(34)35-3)23(24)18-11-17(29)9-10-20(18)36-15-22(33)31-14-16-7-5-4-6-8-16/h4-11,23H,12-15,30H2,1-3H3,(H,31,33). The molecule has 9 heteroatoms. The highest BCUT2D eigenvalue weighted by atomic mass is 35.5. The summed E-state index contributed by atoms with van der Waals surface area (Å²) in [6, 6.07) is 14.3. The van der Waals surface area contributed by atoms with Crippen molar-refractivity contribution >= 4 is 29.3 Å². The minimum absolute atomic E-state index is 0.0186. The Labute approximate surface area is 220 Å². The summed E-state index contributed by atoms with van der Waals surface area (Å²) in [7, 11) is 1.22. The Morgan fingerprint density at radius 1 is 1.16 bits per heavy atom. The zero-order chi connectivity index (χ0) is 26.7. The van der Waals surface area contributed by atoms with Crippen molar-refractivity contribution in [1.82, 2.24) is 5.32 Å². The largest absolute Gasteiger partial charge is 0.483 e. The quantitative estimate of drug-likeness (QED) is 0.523. The van der Waals surface area contributed by atoms with Crippen LogP contribution in [0.3, 0.4) is 0 Å². The molecule has 0 saturated heterocycles. The van der Waals surface area contributed by atoms with E-state index in [1.165, 1.54) is 7.11 Å². The molecule has 4 rings (SSSR count). The first kappa shape index (κ1) is 26.3. The maximum atomic E-state index is 13.4. The molecule has 1 aliphatic heterocycles. The molecular weight excluding hydrogens is 496 g/mol. The SMILES string of the molecule is COC(=O)C1=C(N)OC2=C(C(=O)CC(C)(C)C2)C1c1cc(Cl)ccc1OCC(=O)NCc1ccccc1. The van der Waals surface area contributed by atoms with E-state index in [1.54, 1.807) is 18.2 Å². The number of hydrogen-bond acceptors (Lipinski definition) is 7. The molecule has 3 N–H and O–H groups in total. The Morgan fingerprint density at radius 3 is 2.59 bits per heavy atom. The van der Waals surface area contributed by atoms with Crippen molar-refractivity contribution in [2.75, 3.05) is 13.7 Å². The molecule has 2 aliphatic rings. The number of amides is 1. The number of carbonyl (C=O) groups is 3. The smallest absolute Gasteiger partial charge is 0.340 e. The van der Waals surface area contributed by atoms with Crippen molar-refractivity contribution in [1.29, 1.82) is 0 Å². The van der Waals surface area contributed by atoms with E-state index in [4.69, 9.17) is 31.5 Å². The third-order valence-electron chi connectivity index (χ3n) is 6.33. The maximum absolute atomic E-state index is 13.4. The average Bonchev–Trinajstić information content (AvgIpc) is 2.85. The number of esters is 1. The van der Waals surface area contributed by atoms with Crippen LogP contribution in [0.25, 0.3) is 0 Å². The van der Waals surface area contributed by atoms with Gasteiger partial charge in [0.2, 0.25) is 5.88 Å². The van der Waals surface area contributed by atoms with Crippen LogP contribution in [0.1, 0.15) is 43.7 Å². The van der Waals surface area contributed by atoms with E-state index >= 15 is 0 Å². The first-order valence-electron chi connectivity index (χ1n) is 11.8. The molecule has 2 aromatic carbocycles. The Balaban J connectivity index is 1.68. The molecule has 1 unspecified atom stereocenters. The lowest BCUT2D eigenvalue weighted by Crippen LogP contribution is -2.36. The summed E-state index contributed by atoms with van der Waals surface area (Å²) in [5.74, 6) is -1.63. The number of ketones is 1. The van der Waals surface area contributed by atoms with Crippen LogP contribution >= 0.6 is 11.6 Å². The monoisotopic (exact) mass is 524 g/mol. The summed E-state index contributed by atoms with van der Waals surface area (Å²) in [5.41, 5.74) is 7.52. The zero-order valence-electron chi connectivity index (χ0n) is 20.9. The minimum atomic E-state index is -0.930. The highest BCUT2D eigenvalue weighted by Crippen LogP contribution is 2.50. The average molecular weight is 525 g/mol. The van der Waals surface area contributed by atoms with E-state index in [9.17, 15) is 14.4 Å². The molecule has 1 aliphatic carbocycles. The molecule has 1 heterocycles. The van der Waals surface area contributed by atoms with Gasteiger partial charge in [-0.15, -0.1) is 0 Å². The Kier molecular flexibility index (Phi) is 7.59. The predicted molar refractivity (Wildman–Crippen MR) is 137 cm³/mol. The number of carbonyl (C=O) groups excluding carboxylic acids is 3. The van der Waals surface area contributed by atoms with Gasteiger partial charge in [-0.25, -0.2) is 4.79 Å². The number of allylic oxidation sites excluding steroid dienone is 2. The molecule has 1 atom stereocenters. The summed E-state index contributed by atoms with van der Waals surface area (Å²) < 4.78 is 16.7. The van der Waals surface area contributed by atoms with Gasteiger partial charge in [-0.1, -0.05) is 55.8 Å². The van der Waals surface area contributed by atoms with Crippen LogP contribution in [0.2, 0.25) is 5.02 Å². The normalized spacial score (nSPS) is 18.6. The van der Waals surface area contributed by atoms with Gasteiger partial charge in [0, 0.05) is 35.5 Å². The summed E-state index contributed by atoms with van der Waals surface area (Å²) >= 11 is 6.34. The van der Waals surface area contributed by atoms with Crippen LogP contribution in [-0.2, 0) is 30.4 Å². The topological polar surface area (TPSA) is 117 Å². The number of nitrogens with two attached hydrogens (primary N) is 1. The molecular formula is C28H29ClN2O6. The number of halogens is 1. The molecule has 0 aromatic heterocycles. The Hall–Kier alpha value is -3.78. The lowest BCUT2D eigenvalue weighted by molar-refractivity contribution is -0.136. The lowest BCUT2D eigenvalue weighted by Gasteiger charge is -2.38. The second kappa shape index (κ2) is 10.7. The number of benzene rings is 2. The van der Waals surface area contributed by atoms with Crippen LogP contribution in [-0.4, -0.2) is 31.4 Å². The first-order chi connectivity index (χ1) is 17.6. The van der Waals surface area contributed by atoms with Crippen molar-refractivity contribution in [2.45, 2.75) is 39.2 Å². The van der Waals surface area contributed by atoms with E-state index in [2.05, 4.69) is 5.32 Å². The van der Waals surface area contributed by atoms with Gasteiger partial charge in [-0.3, -0.25) is 9.59 Å². The molecule has 0 spiro atoms. The summed E-state index contributed by atoms with van der Waals surface area (Å²) in [6.07, 6.45) is 0.719. The van der Waals surface area contributed by atoms with Gasteiger partial charge in [0.15, 0.2) is 12.4 Å². The third-order valence-corrected chi connectivity index (χ3v) is 6.57. The van der Waals surface area contributed by atoms with E-state index in [-0.39, 0.29) is 47.3 Å². The molecule has 0 bridgehead atoms. The predicted octanol–water partition coefficient (Wildman–Crippen LogP) is 4.14. The van der Waals surface area contributed by atoms with Gasteiger partial charge in [-0.2, -0.15) is 0 Å². The van der Waals surface area contributed by atoms with Crippen molar-refractivity contribution in [3.8, 4) is 5.75 Å². The molecule has 2 aromatic rings. The van der Waals surface area contributed by atoms with Gasteiger partial charge < -0.3 is 25.3 Å². The van der Waals surface area contributed by atoms with Crippen LogP contribution < -0.4 is 15.8 Å².